The molecule has 1 aliphatic heterocycles. The van der Waals surface area contributed by atoms with E-state index in [0.717, 1.165) is 6.42 Å². The van der Waals surface area contributed by atoms with Crippen molar-refractivity contribution in [2.45, 2.75) is 12.5 Å². The number of likely N-dealkylation sites (N-methyl/N-ethyl adjacent to an activating group) is 1. The highest BCUT2D eigenvalue weighted by atomic mass is 19.1. The average Bonchev–Trinajstić information content (AvgIpc) is 2.81. The molecule has 1 aromatic rings. The largest absolute Gasteiger partial charge is 0.396 e. The lowest BCUT2D eigenvalue weighted by Gasteiger charge is -2.20. The molecule has 2 rings (SSSR count). The van der Waals surface area contributed by atoms with E-state index in [-0.39, 0.29) is 11.6 Å². The quantitative estimate of drug-likeness (QED) is 0.803. The van der Waals surface area contributed by atoms with E-state index < -0.39 is 5.82 Å². The molecule has 4 nitrogen and oxygen atoms in total. The van der Waals surface area contributed by atoms with Crippen LogP contribution in [0.5, 0.6) is 0 Å². The molecule has 2 N–H and O–H groups in total. The number of likely N-dealkylation sites (tertiary alicyclic amines) is 1. The van der Waals surface area contributed by atoms with Crippen molar-refractivity contribution in [3.63, 3.8) is 0 Å². The fourth-order valence-electron chi connectivity index (χ4n) is 2.19. The van der Waals surface area contributed by atoms with Crippen molar-refractivity contribution in [1.82, 2.24) is 9.80 Å². The third kappa shape index (κ3) is 2.46. The predicted octanol–water partition coefficient (Wildman–Crippen LogP) is 1.18. The number of halogens is 1. The number of carbonyl (C=O) groups is 1. The normalized spacial score (nSPS) is 19.6. The minimum absolute atomic E-state index is 0.0686. The molecular formula is C13H18FN3O. The maximum Gasteiger partial charge on any atom is 0.254 e. The van der Waals surface area contributed by atoms with Gasteiger partial charge in [0.05, 0.1) is 5.69 Å². The summed E-state index contributed by atoms with van der Waals surface area (Å²) in [5, 5.41) is 0. The molecule has 0 aliphatic carbocycles. The Morgan fingerprint density at radius 3 is 2.78 bits per heavy atom. The lowest BCUT2D eigenvalue weighted by atomic mass is 10.2. The van der Waals surface area contributed by atoms with E-state index in [4.69, 9.17) is 5.73 Å². The summed E-state index contributed by atoms with van der Waals surface area (Å²) in [5.41, 5.74) is 5.83. The molecule has 1 aliphatic rings. The molecule has 5 heteroatoms. The van der Waals surface area contributed by atoms with Crippen LogP contribution in [-0.4, -0.2) is 48.9 Å². The minimum Gasteiger partial charge on any atom is -0.396 e. The van der Waals surface area contributed by atoms with Crippen LogP contribution in [0.15, 0.2) is 18.2 Å². The van der Waals surface area contributed by atoms with Gasteiger partial charge >= 0.3 is 0 Å². The molecule has 0 aromatic heterocycles. The number of rotatable bonds is 2. The Labute approximate surface area is 106 Å². The van der Waals surface area contributed by atoms with E-state index in [0.29, 0.717) is 24.7 Å². The zero-order valence-corrected chi connectivity index (χ0v) is 10.7. The van der Waals surface area contributed by atoms with Crippen LogP contribution in [0.2, 0.25) is 0 Å². The highest BCUT2D eigenvalue weighted by molar-refractivity contribution is 5.94. The lowest BCUT2D eigenvalue weighted by molar-refractivity contribution is 0.0782. The summed E-state index contributed by atoms with van der Waals surface area (Å²) in [6.45, 7) is 1.41. The molecule has 1 fully saturated rings. The molecule has 1 amide bonds. The van der Waals surface area contributed by atoms with Crippen molar-refractivity contribution < 1.29 is 9.18 Å². The zero-order valence-electron chi connectivity index (χ0n) is 10.7. The van der Waals surface area contributed by atoms with Crippen LogP contribution in [0.1, 0.15) is 16.8 Å². The van der Waals surface area contributed by atoms with Gasteiger partial charge in [0.25, 0.3) is 5.91 Å². The van der Waals surface area contributed by atoms with Crippen LogP contribution in [-0.2, 0) is 0 Å². The van der Waals surface area contributed by atoms with E-state index in [2.05, 4.69) is 4.90 Å². The van der Waals surface area contributed by atoms with E-state index in [1.807, 2.05) is 14.1 Å². The van der Waals surface area contributed by atoms with Crippen molar-refractivity contribution in [2.75, 3.05) is 32.9 Å². The third-order valence-electron chi connectivity index (χ3n) is 3.43. The zero-order chi connectivity index (χ0) is 13.3. The Hall–Kier alpha value is -1.62. The fraction of sp³-hybridized carbons (Fsp3) is 0.462. The van der Waals surface area contributed by atoms with Crippen LogP contribution in [0.25, 0.3) is 0 Å². The van der Waals surface area contributed by atoms with Gasteiger partial charge in [-0.1, -0.05) is 0 Å². The molecule has 0 bridgehead atoms. The lowest BCUT2D eigenvalue weighted by Crippen LogP contribution is -2.34. The van der Waals surface area contributed by atoms with E-state index in [9.17, 15) is 9.18 Å². The molecule has 0 radical (unpaired) electrons. The average molecular weight is 251 g/mol. The van der Waals surface area contributed by atoms with Crippen LogP contribution in [0, 0.1) is 5.82 Å². The standard InChI is InChI=1S/C13H18FN3O/c1-16(2)10-5-6-17(8-10)13(18)9-3-4-12(15)11(14)7-9/h3-4,7,10H,5-6,8,15H2,1-2H3. The molecular weight excluding hydrogens is 233 g/mol. The highest BCUT2D eigenvalue weighted by Crippen LogP contribution is 2.18. The van der Waals surface area contributed by atoms with Gasteiger partial charge in [-0.3, -0.25) is 4.79 Å². The maximum atomic E-state index is 13.3. The number of hydrogen-bond acceptors (Lipinski definition) is 3. The first-order valence-corrected chi connectivity index (χ1v) is 6.00. The monoisotopic (exact) mass is 251 g/mol. The number of nitrogen functional groups attached to an aromatic ring is 1. The van der Waals surface area contributed by atoms with Crippen molar-refractivity contribution >= 4 is 11.6 Å². The van der Waals surface area contributed by atoms with Crippen molar-refractivity contribution in [3.05, 3.63) is 29.6 Å². The molecule has 0 saturated carbocycles. The topological polar surface area (TPSA) is 49.6 Å². The number of amides is 1. The summed E-state index contributed by atoms with van der Waals surface area (Å²) < 4.78 is 13.3. The third-order valence-corrected chi connectivity index (χ3v) is 3.43. The van der Waals surface area contributed by atoms with Crippen molar-refractivity contribution in [1.29, 1.82) is 0 Å². The Bertz CT molecular complexity index is 462. The van der Waals surface area contributed by atoms with E-state index in [1.165, 1.54) is 12.1 Å². The number of nitrogens with zero attached hydrogens (tertiary/aromatic N) is 2. The first-order valence-electron chi connectivity index (χ1n) is 6.00. The van der Waals surface area contributed by atoms with Gasteiger partial charge in [0.2, 0.25) is 0 Å². The molecule has 1 unspecified atom stereocenters. The highest BCUT2D eigenvalue weighted by Gasteiger charge is 2.28. The van der Waals surface area contributed by atoms with Gasteiger partial charge in [-0.05, 0) is 38.7 Å². The summed E-state index contributed by atoms with van der Waals surface area (Å²) in [6, 6.07) is 4.60. The van der Waals surface area contributed by atoms with Crippen LogP contribution in [0.3, 0.4) is 0 Å². The Morgan fingerprint density at radius 2 is 2.22 bits per heavy atom. The molecule has 1 heterocycles. The van der Waals surface area contributed by atoms with Gasteiger partial charge in [-0.15, -0.1) is 0 Å². The van der Waals surface area contributed by atoms with Gasteiger partial charge in [0.1, 0.15) is 5.82 Å². The Morgan fingerprint density at radius 1 is 1.50 bits per heavy atom. The maximum absolute atomic E-state index is 13.3. The molecule has 0 spiro atoms. The Balaban J connectivity index is 2.10. The summed E-state index contributed by atoms with van der Waals surface area (Å²) in [6.07, 6.45) is 0.955. The first-order chi connectivity index (χ1) is 8.49. The number of benzene rings is 1. The summed E-state index contributed by atoms with van der Waals surface area (Å²) in [4.78, 5) is 16.0. The number of carbonyl (C=O) groups excluding carboxylic acids is 1. The minimum atomic E-state index is -0.538. The Kier molecular flexibility index (Phi) is 3.52. The van der Waals surface area contributed by atoms with Crippen LogP contribution in [0.4, 0.5) is 10.1 Å². The first kappa shape index (κ1) is 12.8. The predicted molar refractivity (Wildman–Crippen MR) is 68.8 cm³/mol. The second kappa shape index (κ2) is 4.94. The van der Waals surface area contributed by atoms with Gasteiger partial charge in [-0.25, -0.2) is 4.39 Å². The summed E-state index contributed by atoms with van der Waals surface area (Å²) in [7, 11) is 4.00. The van der Waals surface area contributed by atoms with Gasteiger partial charge in [0, 0.05) is 24.7 Å². The fourth-order valence-corrected chi connectivity index (χ4v) is 2.19. The molecule has 98 valence electrons. The van der Waals surface area contributed by atoms with Gasteiger partial charge in [-0.2, -0.15) is 0 Å². The van der Waals surface area contributed by atoms with Crippen molar-refractivity contribution in [3.8, 4) is 0 Å². The molecule has 1 saturated heterocycles. The molecule has 1 atom stereocenters. The summed E-state index contributed by atoms with van der Waals surface area (Å²) in [5.74, 6) is -0.664. The van der Waals surface area contributed by atoms with Gasteiger partial charge < -0.3 is 15.5 Å². The van der Waals surface area contributed by atoms with E-state index >= 15 is 0 Å². The second-order valence-electron chi connectivity index (χ2n) is 4.89. The smallest absolute Gasteiger partial charge is 0.254 e. The second-order valence-corrected chi connectivity index (χ2v) is 4.89. The summed E-state index contributed by atoms with van der Waals surface area (Å²) >= 11 is 0. The van der Waals surface area contributed by atoms with Crippen LogP contribution < -0.4 is 5.73 Å². The number of nitrogens with two attached hydrogens (primary N) is 1. The van der Waals surface area contributed by atoms with E-state index in [1.54, 1.807) is 11.0 Å². The van der Waals surface area contributed by atoms with Gasteiger partial charge in [0.15, 0.2) is 0 Å². The number of anilines is 1. The number of hydrogen-bond donors (Lipinski definition) is 1. The molecule has 18 heavy (non-hydrogen) atoms. The SMILES string of the molecule is CN(C)C1CCN(C(=O)c2ccc(N)c(F)c2)C1. The van der Waals surface area contributed by atoms with Crippen molar-refractivity contribution in [2.24, 2.45) is 0 Å². The molecule has 1 aromatic carbocycles. The van der Waals surface area contributed by atoms with Crippen LogP contribution >= 0.6 is 0 Å².